The molecule has 2 aromatic rings. The minimum atomic E-state index is -0.497. The number of benzene rings is 2. The molecule has 1 aliphatic rings. The van der Waals surface area contributed by atoms with E-state index < -0.39 is 5.97 Å². The molecule has 0 aliphatic carbocycles. The molecule has 0 saturated carbocycles. The molecule has 1 heterocycles. The number of hydrogen-bond acceptors (Lipinski definition) is 6. The molecule has 0 radical (unpaired) electrons. The Labute approximate surface area is 181 Å². The summed E-state index contributed by atoms with van der Waals surface area (Å²) in [6, 6.07) is 11.6. The van der Waals surface area contributed by atoms with Crippen molar-refractivity contribution in [1.82, 2.24) is 5.32 Å². The van der Waals surface area contributed by atoms with Crippen LogP contribution in [-0.2, 0) is 20.7 Å². The van der Waals surface area contributed by atoms with Gasteiger partial charge in [-0.2, -0.15) is 0 Å². The van der Waals surface area contributed by atoms with E-state index in [2.05, 4.69) is 5.32 Å². The molecule has 164 valence electrons. The third-order valence-electron chi connectivity index (χ3n) is 4.69. The molecule has 7 heteroatoms. The van der Waals surface area contributed by atoms with Gasteiger partial charge < -0.3 is 24.3 Å². The Balaban J connectivity index is 1.38. The van der Waals surface area contributed by atoms with E-state index in [9.17, 15) is 9.59 Å². The van der Waals surface area contributed by atoms with Crippen LogP contribution >= 0.6 is 0 Å². The zero-order chi connectivity index (χ0) is 22.1. The van der Waals surface area contributed by atoms with Gasteiger partial charge in [0.05, 0.1) is 13.7 Å². The summed E-state index contributed by atoms with van der Waals surface area (Å²) in [7, 11) is 1.55. The first-order valence-corrected chi connectivity index (χ1v) is 10.2. The summed E-state index contributed by atoms with van der Waals surface area (Å²) in [6.45, 7) is 3.32. The van der Waals surface area contributed by atoms with Gasteiger partial charge in [-0.05, 0) is 42.7 Å². The summed E-state index contributed by atoms with van der Waals surface area (Å²) in [5.41, 5.74) is 3.03. The van der Waals surface area contributed by atoms with E-state index in [1.54, 1.807) is 25.3 Å². The third-order valence-corrected chi connectivity index (χ3v) is 4.69. The maximum atomic E-state index is 11.9. The molecule has 0 unspecified atom stereocenters. The highest BCUT2D eigenvalue weighted by molar-refractivity contribution is 5.87. The van der Waals surface area contributed by atoms with Crippen molar-refractivity contribution >= 4 is 18.0 Å². The van der Waals surface area contributed by atoms with Crippen LogP contribution in [0.2, 0.25) is 0 Å². The first-order chi connectivity index (χ1) is 15.0. The van der Waals surface area contributed by atoms with Crippen molar-refractivity contribution in [2.75, 3.05) is 33.5 Å². The number of hydrogen-bond donors (Lipinski definition) is 1. The smallest absolute Gasteiger partial charge is 0.330 e. The first-order valence-electron chi connectivity index (χ1n) is 10.2. The summed E-state index contributed by atoms with van der Waals surface area (Å²) < 4.78 is 21.6. The predicted octanol–water partition coefficient (Wildman–Crippen LogP) is 3.08. The highest BCUT2D eigenvalue weighted by atomic mass is 16.6. The molecular weight excluding hydrogens is 398 g/mol. The Morgan fingerprint density at radius 1 is 1.13 bits per heavy atom. The molecule has 0 spiro atoms. The van der Waals surface area contributed by atoms with Gasteiger partial charge in [0.2, 0.25) is 11.7 Å². The molecule has 2 aromatic carbocycles. The highest BCUT2D eigenvalue weighted by Gasteiger charge is 2.17. The second kappa shape index (κ2) is 11.1. The molecule has 1 aliphatic heterocycles. The lowest BCUT2D eigenvalue weighted by Crippen LogP contribution is -2.28. The zero-order valence-corrected chi connectivity index (χ0v) is 17.8. The number of aryl methyl sites for hydroxylation is 2. The van der Waals surface area contributed by atoms with Crippen LogP contribution in [0.15, 0.2) is 42.5 Å². The molecule has 7 nitrogen and oxygen atoms in total. The number of rotatable bonds is 9. The van der Waals surface area contributed by atoms with Crippen LogP contribution in [0.1, 0.15) is 23.1 Å². The van der Waals surface area contributed by atoms with Crippen molar-refractivity contribution in [2.45, 2.75) is 19.8 Å². The van der Waals surface area contributed by atoms with E-state index in [0.29, 0.717) is 43.3 Å². The topological polar surface area (TPSA) is 83.1 Å². The first kappa shape index (κ1) is 22.2. The Bertz CT molecular complexity index is 919. The second-order valence-corrected chi connectivity index (χ2v) is 7.08. The molecule has 1 amide bonds. The Morgan fingerprint density at radius 2 is 1.90 bits per heavy atom. The van der Waals surface area contributed by atoms with Crippen LogP contribution in [0.25, 0.3) is 6.08 Å². The Hall–Kier alpha value is -3.48. The van der Waals surface area contributed by atoms with E-state index in [4.69, 9.17) is 18.9 Å². The van der Waals surface area contributed by atoms with E-state index in [0.717, 1.165) is 11.1 Å². The molecule has 0 bridgehead atoms. The lowest BCUT2D eigenvalue weighted by molar-refractivity contribution is -0.138. The van der Waals surface area contributed by atoms with Gasteiger partial charge in [-0.25, -0.2) is 4.79 Å². The molecule has 31 heavy (non-hydrogen) atoms. The average Bonchev–Trinajstić information content (AvgIpc) is 2.79. The molecule has 0 fully saturated rings. The SMILES string of the molecule is COc1cc(/C=C/C(=O)OCCNC(=O)CCc2ccc(C)cc2)cc2c1OCCO2. The maximum absolute atomic E-state index is 11.9. The Morgan fingerprint density at radius 3 is 2.68 bits per heavy atom. The normalized spacial score (nSPS) is 12.5. The summed E-state index contributed by atoms with van der Waals surface area (Å²) in [5, 5.41) is 2.76. The average molecular weight is 425 g/mol. The monoisotopic (exact) mass is 425 g/mol. The van der Waals surface area contributed by atoms with Gasteiger partial charge in [0.15, 0.2) is 11.5 Å². The highest BCUT2D eigenvalue weighted by Crippen LogP contribution is 2.40. The lowest BCUT2D eigenvalue weighted by Gasteiger charge is -2.20. The van der Waals surface area contributed by atoms with Gasteiger partial charge in [-0.15, -0.1) is 0 Å². The van der Waals surface area contributed by atoms with E-state index in [-0.39, 0.29) is 19.1 Å². The van der Waals surface area contributed by atoms with Crippen LogP contribution in [-0.4, -0.2) is 45.4 Å². The van der Waals surface area contributed by atoms with E-state index in [1.165, 1.54) is 11.6 Å². The van der Waals surface area contributed by atoms with Crippen molar-refractivity contribution in [1.29, 1.82) is 0 Å². The van der Waals surface area contributed by atoms with Crippen LogP contribution in [0.3, 0.4) is 0 Å². The summed E-state index contributed by atoms with van der Waals surface area (Å²) in [6.07, 6.45) is 4.00. The summed E-state index contributed by atoms with van der Waals surface area (Å²) >= 11 is 0. The number of carbonyl (C=O) groups is 2. The second-order valence-electron chi connectivity index (χ2n) is 7.08. The van der Waals surface area contributed by atoms with Gasteiger partial charge in [-0.1, -0.05) is 29.8 Å². The quantitative estimate of drug-likeness (QED) is 0.378. The molecule has 1 N–H and O–H groups in total. The third kappa shape index (κ3) is 6.77. The minimum absolute atomic E-state index is 0.0736. The Kier molecular flexibility index (Phi) is 7.92. The van der Waals surface area contributed by atoms with Gasteiger partial charge >= 0.3 is 5.97 Å². The lowest BCUT2D eigenvalue weighted by atomic mass is 10.1. The number of ether oxygens (including phenoxy) is 4. The van der Waals surface area contributed by atoms with Gasteiger partial charge in [-0.3, -0.25) is 4.79 Å². The van der Waals surface area contributed by atoms with E-state index in [1.807, 2.05) is 31.2 Å². The number of amides is 1. The van der Waals surface area contributed by atoms with E-state index >= 15 is 0 Å². The fourth-order valence-corrected chi connectivity index (χ4v) is 3.05. The van der Waals surface area contributed by atoms with Crippen molar-refractivity contribution in [3.05, 3.63) is 59.2 Å². The van der Waals surface area contributed by atoms with Crippen LogP contribution in [0.4, 0.5) is 0 Å². The number of methoxy groups -OCH3 is 1. The fourth-order valence-electron chi connectivity index (χ4n) is 3.05. The van der Waals surface area contributed by atoms with Crippen LogP contribution < -0.4 is 19.5 Å². The van der Waals surface area contributed by atoms with Crippen LogP contribution in [0, 0.1) is 6.92 Å². The molecule has 0 saturated heterocycles. The molecule has 0 atom stereocenters. The largest absolute Gasteiger partial charge is 0.493 e. The number of nitrogens with one attached hydrogen (secondary N) is 1. The van der Waals surface area contributed by atoms with Crippen molar-refractivity contribution in [3.8, 4) is 17.2 Å². The summed E-state index contributed by atoms with van der Waals surface area (Å²) in [5.74, 6) is 1.11. The van der Waals surface area contributed by atoms with Gasteiger partial charge in [0, 0.05) is 12.5 Å². The molecular formula is C24H27NO6. The maximum Gasteiger partial charge on any atom is 0.330 e. The standard InChI is InChI=1S/C24H27NO6/c1-17-3-5-18(6-4-17)7-9-22(26)25-11-12-30-23(27)10-8-19-15-20(28-2)24-21(16-19)29-13-14-31-24/h3-6,8,10,15-16H,7,9,11-14H2,1-2H3,(H,25,26)/b10-8+. The fraction of sp³-hybridized carbons (Fsp3) is 0.333. The number of carbonyl (C=O) groups excluding carboxylic acids is 2. The molecule has 0 aromatic heterocycles. The van der Waals surface area contributed by atoms with Crippen molar-refractivity contribution in [3.63, 3.8) is 0 Å². The summed E-state index contributed by atoms with van der Waals surface area (Å²) in [4.78, 5) is 23.9. The van der Waals surface area contributed by atoms with Gasteiger partial charge in [0.25, 0.3) is 0 Å². The van der Waals surface area contributed by atoms with Crippen LogP contribution in [0.5, 0.6) is 17.2 Å². The van der Waals surface area contributed by atoms with Crippen molar-refractivity contribution in [2.24, 2.45) is 0 Å². The minimum Gasteiger partial charge on any atom is -0.493 e. The number of esters is 1. The van der Waals surface area contributed by atoms with Crippen molar-refractivity contribution < 1.29 is 28.5 Å². The van der Waals surface area contributed by atoms with Gasteiger partial charge in [0.1, 0.15) is 19.8 Å². The predicted molar refractivity (Wildman–Crippen MR) is 116 cm³/mol. The molecule has 3 rings (SSSR count). The number of fused-ring (bicyclic) bond motifs is 1. The zero-order valence-electron chi connectivity index (χ0n) is 17.8.